The van der Waals surface area contributed by atoms with Crippen LogP contribution in [0.25, 0.3) is 0 Å². The monoisotopic (exact) mass is 318 g/mol. The average Bonchev–Trinajstić information content (AvgIpc) is 2.90. The molecule has 1 atom stereocenters. The second kappa shape index (κ2) is 6.31. The summed E-state index contributed by atoms with van der Waals surface area (Å²) in [5.41, 5.74) is 1.85. The maximum atomic E-state index is 12.1. The number of nitrogens with zero attached hydrogens (tertiary/aromatic N) is 3. The molecule has 1 amide bonds. The van der Waals surface area contributed by atoms with Gasteiger partial charge in [-0.05, 0) is 19.1 Å². The Balaban J connectivity index is 1.86. The molecule has 1 aromatic heterocycles. The highest BCUT2D eigenvalue weighted by molar-refractivity contribution is 7.13. The normalized spacial score (nSPS) is 17.6. The number of rotatable bonds is 4. The minimum absolute atomic E-state index is 0.0437. The van der Waals surface area contributed by atoms with E-state index in [1.807, 2.05) is 38.1 Å². The Hall–Kier alpha value is -2.15. The zero-order chi connectivity index (χ0) is 15.5. The lowest BCUT2D eigenvalue weighted by atomic mass is 10.1. The van der Waals surface area contributed by atoms with Crippen LogP contribution in [0, 0.1) is 5.92 Å². The van der Waals surface area contributed by atoms with Gasteiger partial charge in [0.25, 0.3) is 5.19 Å². The van der Waals surface area contributed by atoms with Gasteiger partial charge in [0.1, 0.15) is 5.01 Å². The number of hydrogen-bond acceptors (Lipinski definition) is 6. The highest BCUT2D eigenvalue weighted by Crippen LogP contribution is 2.31. The van der Waals surface area contributed by atoms with Crippen LogP contribution in [-0.4, -0.2) is 29.3 Å². The summed E-state index contributed by atoms with van der Waals surface area (Å²) in [6.07, 6.45) is 0. The van der Waals surface area contributed by atoms with E-state index >= 15 is 0 Å². The molecule has 2 heterocycles. The van der Waals surface area contributed by atoms with Gasteiger partial charge in [0.15, 0.2) is 0 Å². The predicted octanol–water partition coefficient (Wildman–Crippen LogP) is 2.53. The zero-order valence-electron chi connectivity index (χ0n) is 12.6. The summed E-state index contributed by atoms with van der Waals surface area (Å²) in [7, 11) is 0. The molecule has 1 N–H and O–H groups in total. The number of hydrogen-bond donors (Lipinski definition) is 1. The van der Waals surface area contributed by atoms with E-state index in [4.69, 9.17) is 4.74 Å². The lowest BCUT2D eigenvalue weighted by Crippen LogP contribution is -2.30. The quantitative estimate of drug-likeness (QED) is 0.938. The number of benzene rings is 1. The number of aromatic nitrogens is 2. The molecule has 0 fully saturated rings. The molecule has 0 saturated heterocycles. The molecule has 0 unspecified atom stereocenters. The molecule has 1 aromatic carbocycles. The summed E-state index contributed by atoms with van der Waals surface area (Å²) >= 11 is 1.44. The van der Waals surface area contributed by atoms with Crippen molar-refractivity contribution in [2.24, 2.45) is 5.92 Å². The van der Waals surface area contributed by atoms with Crippen LogP contribution < -0.4 is 15.0 Å². The van der Waals surface area contributed by atoms with Crippen LogP contribution in [0.3, 0.4) is 0 Å². The summed E-state index contributed by atoms with van der Waals surface area (Å²) in [5.74, 6) is -0.0473. The lowest BCUT2D eigenvalue weighted by molar-refractivity contribution is -0.119. The first-order chi connectivity index (χ1) is 10.7. The highest BCUT2D eigenvalue weighted by Gasteiger charge is 2.25. The van der Waals surface area contributed by atoms with Gasteiger partial charge < -0.3 is 15.0 Å². The minimum atomic E-state index is -0.0910. The van der Waals surface area contributed by atoms with Crippen molar-refractivity contribution in [3.05, 3.63) is 29.3 Å². The molecule has 1 aliphatic rings. The molecule has 0 bridgehead atoms. The molecule has 0 saturated carbocycles. The third kappa shape index (κ3) is 3.04. The van der Waals surface area contributed by atoms with Gasteiger partial charge in [-0.2, -0.15) is 0 Å². The van der Waals surface area contributed by atoms with Crippen LogP contribution in [-0.2, 0) is 11.3 Å². The summed E-state index contributed by atoms with van der Waals surface area (Å²) in [6.45, 7) is 5.69. The maximum Gasteiger partial charge on any atom is 0.294 e. The lowest BCUT2D eigenvalue weighted by Gasteiger charge is -2.24. The predicted molar refractivity (Wildman–Crippen MR) is 86.4 cm³/mol. The van der Waals surface area contributed by atoms with Crippen LogP contribution in [0.1, 0.15) is 18.9 Å². The number of nitrogens with one attached hydrogen (secondary N) is 1. The van der Waals surface area contributed by atoms with E-state index in [1.54, 1.807) is 0 Å². The average molecular weight is 318 g/mol. The first-order valence-electron chi connectivity index (χ1n) is 7.27. The molecule has 116 valence electrons. The molecular weight excluding hydrogens is 300 g/mol. The van der Waals surface area contributed by atoms with Crippen LogP contribution in [0.4, 0.5) is 11.4 Å². The van der Waals surface area contributed by atoms with Gasteiger partial charge >= 0.3 is 0 Å². The molecule has 0 radical (unpaired) electrons. The van der Waals surface area contributed by atoms with Gasteiger partial charge in [-0.25, -0.2) is 0 Å². The highest BCUT2D eigenvalue weighted by atomic mass is 32.1. The van der Waals surface area contributed by atoms with Crippen LogP contribution in [0.2, 0.25) is 0 Å². The largest absolute Gasteiger partial charge is 0.469 e. The Labute approximate surface area is 133 Å². The van der Waals surface area contributed by atoms with E-state index in [2.05, 4.69) is 20.4 Å². The topological polar surface area (TPSA) is 67.4 Å². The second-order valence-corrected chi connectivity index (χ2v) is 6.21. The molecule has 2 aromatic rings. The summed E-state index contributed by atoms with van der Waals surface area (Å²) in [6, 6.07) is 7.83. The number of amides is 1. The molecular formula is C15H18N4O2S. The standard InChI is InChI=1S/C15H18N4O2S/c1-3-21-15-18-17-13(22-15)9-19-8-10(2)14(20)16-11-6-4-5-7-12(11)19/h4-7,10H,3,8-9H2,1-2H3,(H,16,20)/t10-/m1/s1. The minimum Gasteiger partial charge on any atom is -0.469 e. The van der Waals surface area contributed by atoms with E-state index in [9.17, 15) is 4.79 Å². The van der Waals surface area contributed by atoms with Gasteiger partial charge in [0.2, 0.25) is 5.91 Å². The third-order valence-corrected chi connectivity index (χ3v) is 4.31. The molecule has 0 spiro atoms. The first-order valence-corrected chi connectivity index (χ1v) is 8.09. The molecule has 22 heavy (non-hydrogen) atoms. The Morgan fingerprint density at radius 3 is 3.05 bits per heavy atom. The second-order valence-electron chi connectivity index (χ2n) is 5.18. The molecule has 6 nitrogen and oxygen atoms in total. The number of carbonyl (C=O) groups is 1. The van der Waals surface area contributed by atoms with Gasteiger partial charge in [0, 0.05) is 6.54 Å². The Bertz CT molecular complexity index is 673. The smallest absolute Gasteiger partial charge is 0.294 e. The van der Waals surface area contributed by atoms with Crippen molar-refractivity contribution in [1.29, 1.82) is 0 Å². The maximum absolute atomic E-state index is 12.1. The number of fused-ring (bicyclic) bond motifs is 1. The van der Waals surface area contributed by atoms with Crippen molar-refractivity contribution in [2.75, 3.05) is 23.4 Å². The van der Waals surface area contributed by atoms with Crippen molar-refractivity contribution in [2.45, 2.75) is 20.4 Å². The Morgan fingerprint density at radius 2 is 2.23 bits per heavy atom. The van der Waals surface area contributed by atoms with Crippen molar-refractivity contribution in [3.63, 3.8) is 0 Å². The fourth-order valence-electron chi connectivity index (χ4n) is 2.42. The van der Waals surface area contributed by atoms with Crippen molar-refractivity contribution in [1.82, 2.24) is 10.2 Å². The summed E-state index contributed by atoms with van der Waals surface area (Å²) < 4.78 is 5.37. The summed E-state index contributed by atoms with van der Waals surface area (Å²) in [5, 5.41) is 12.6. The van der Waals surface area contributed by atoms with Crippen molar-refractivity contribution in [3.8, 4) is 5.19 Å². The van der Waals surface area contributed by atoms with Crippen LogP contribution in [0.15, 0.2) is 24.3 Å². The molecule has 7 heteroatoms. The third-order valence-electron chi connectivity index (χ3n) is 3.49. The van der Waals surface area contributed by atoms with E-state index in [-0.39, 0.29) is 11.8 Å². The fraction of sp³-hybridized carbons (Fsp3) is 0.400. The first kappa shape index (κ1) is 14.8. The summed E-state index contributed by atoms with van der Waals surface area (Å²) in [4.78, 5) is 14.2. The molecule has 3 rings (SSSR count). The fourth-order valence-corrected chi connectivity index (χ4v) is 3.18. The van der Waals surface area contributed by atoms with Crippen molar-refractivity contribution >= 4 is 28.6 Å². The zero-order valence-corrected chi connectivity index (χ0v) is 13.4. The number of carbonyl (C=O) groups excluding carboxylic acids is 1. The van der Waals surface area contributed by atoms with Crippen molar-refractivity contribution < 1.29 is 9.53 Å². The van der Waals surface area contributed by atoms with E-state index in [0.29, 0.717) is 24.9 Å². The number of anilines is 2. The number of ether oxygens (including phenoxy) is 1. The Morgan fingerprint density at radius 1 is 1.41 bits per heavy atom. The van der Waals surface area contributed by atoms with Crippen LogP contribution >= 0.6 is 11.3 Å². The van der Waals surface area contributed by atoms with Gasteiger partial charge in [-0.1, -0.05) is 35.5 Å². The van der Waals surface area contributed by atoms with Crippen LogP contribution in [0.5, 0.6) is 5.19 Å². The molecule has 0 aliphatic carbocycles. The van der Waals surface area contributed by atoms with E-state index in [0.717, 1.165) is 16.4 Å². The Kier molecular flexibility index (Phi) is 4.24. The SMILES string of the molecule is CCOc1nnc(CN2C[C@@H](C)C(=O)Nc3ccccc32)s1. The van der Waals surface area contributed by atoms with E-state index < -0.39 is 0 Å². The van der Waals surface area contributed by atoms with E-state index in [1.165, 1.54) is 11.3 Å². The number of para-hydroxylation sites is 2. The molecule has 1 aliphatic heterocycles. The van der Waals surface area contributed by atoms with Gasteiger partial charge in [0.05, 0.1) is 30.4 Å². The van der Waals surface area contributed by atoms with Gasteiger partial charge in [-0.3, -0.25) is 4.79 Å². The van der Waals surface area contributed by atoms with Gasteiger partial charge in [-0.15, -0.1) is 5.10 Å².